The van der Waals surface area contributed by atoms with Gasteiger partial charge < -0.3 is 5.32 Å². The molecule has 0 aliphatic heterocycles. The van der Waals surface area contributed by atoms with Crippen LogP contribution in [0.5, 0.6) is 0 Å². The minimum absolute atomic E-state index is 0.0258. The van der Waals surface area contributed by atoms with Crippen molar-refractivity contribution in [3.8, 4) is 0 Å². The van der Waals surface area contributed by atoms with E-state index in [-0.39, 0.29) is 17.7 Å². The van der Waals surface area contributed by atoms with Crippen molar-refractivity contribution in [3.63, 3.8) is 0 Å². The van der Waals surface area contributed by atoms with Gasteiger partial charge in [-0.15, -0.1) is 17.9 Å². The number of hydrogen-bond donors (Lipinski definition) is 2. The average molecular weight is 341 g/mol. The van der Waals surface area contributed by atoms with Crippen LogP contribution in [0.25, 0.3) is 0 Å². The first-order chi connectivity index (χ1) is 11.7. The van der Waals surface area contributed by atoms with Crippen molar-refractivity contribution in [1.82, 2.24) is 10.3 Å². The second-order valence-corrected chi connectivity index (χ2v) is 6.71. The summed E-state index contributed by atoms with van der Waals surface area (Å²) in [4.78, 5) is 30.2. The zero-order chi connectivity index (χ0) is 16.9. The maximum Gasteiger partial charge on any atom is 0.257 e. The smallest absolute Gasteiger partial charge is 0.257 e. The van der Waals surface area contributed by atoms with Gasteiger partial charge >= 0.3 is 0 Å². The Morgan fingerprint density at radius 2 is 2.12 bits per heavy atom. The van der Waals surface area contributed by atoms with E-state index in [0.29, 0.717) is 17.2 Å². The largest absolute Gasteiger partial charge is 0.352 e. The van der Waals surface area contributed by atoms with Gasteiger partial charge in [0.15, 0.2) is 5.13 Å². The van der Waals surface area contributed by atoms with Crippen molar-refractivity contribution in [2.45, 2.75) is 25.2 Å². The number of benzene rings is 1. The average Bonchev–Trinajstić information content (AvgIpc) is 3.02. The third kappa shape index (κ3) is 3.54. The lowest BCUT2D eigenvalue weighted by Crippen LogP contribution is -2.31. The molecule has 0 bridgehead atoms. The number of thiazole rings is 1. The van der Waals surface area contributed by atoms with Gasteiger partial charge in [0, 0.05) is 17.0 Å². The summed E-state index contributed by atoms with van der Waals surface area (Å²) in [7, 11) is 0. The van der Waals surface area contributed by atoms with Crippen LogP contribution in [0.1, 0.15) is 39.7 Å². The van der Waals surface area contributed by atoms with Crippen LogP contribution >= 0.6 is 11.3 Å². The zero-order valence-electron chi connectivity index (χ0n) is 13.2. The van der Waals surface area contributed by atoms with E-state index < -0.39 is 0 Å². The van der Waals surface area contributed by atoms with E-state index in [1.165, 1.54) is 11.3 Å². The fourth-order valence-corrected chi connectivity index (χ4v) is 3.84. The summed E-state index contributed by atoms with van der Waals surface area (Å²) in [6.45, 7) is 4.06. The van der Waals surface area contributed by atoms with E-state index in [1.54, 1.807) is 18.2 Å². The van der Waals surface area contributed by atoms with Crippen LogP contribution in [0.2, 0.25) is 0 Å². The van der Waals surface area contributed by atoms with E-state index in [2.05, 4.69) is 22.2 Å². The minimum atomic E-state index is -0.243. The summed E-state index contributed by atoms with van der Waals surface area (Å²) in [6, 6.07) is 9.03. The number of aromatic nitrogens is 1. The van der Waals surface area contributed by atoms with Crippen molar-refractivity contribution >= 4 is 28.3 Å². The summed E-state index contributed by atoms with van der Waals surface area (Å²) >= 11 is 1.46. The Labute approximate surface area is 144 Å². The number of fused-ring (bicyclic) bond motifs is 1. The molecule has 0 fully saturated rings. The Hall–Kier alpha value is -2.47. The van der Waals surface area contributed by atoms with Gasteiger partial charge in [0.05, 0.1) is 11.6 Å². The van der Waals surface area contributed by atoms with E-state index in [9.17, 15) is 9.59 Å². The Balaban J connectivity index is 1.76. The number of nitrogens with zero attached hydrogens (tertiary/aromatic N) is 1. The van der Waals surface area contributed by atoms with Gasteiger partial charge in [-0.1, -0.05) is 24.3 Å². The van der Waals surface area contributed by atoms with Crippen molar-refractivity contribution in [2.24, 2.45) is 0 Å². The highest BCUT2D eigenvalue weighted by Crippen LogP contribution is 2.36. The molecule has 124 valence electrons. The van der Waals surface area contributed by atoms with Crippen LogP contribution in [-0.4, -0.2) is 23.3 Å². The highest BCUT2D eigenvalue weighted by atomic mass is 32.1. The van der Waals surface area contributed by atoms with Crippen molar-refractivity contribution in [3.05, 3.63) is 59.1 Å². The normalized spacial score (nSPS) is 16.1. The Bertz CT molecular complexity index is 755. The van der Waals surface area contributed by atoms with Crippen LogP contribution in [-0.2, 0) is 11.2 Å². The van der Waals surface area contributed by atoms with Crippen LogP contribution < -0.4 is 10.6 Å². The number of carbonyl (C=O) groups is 2. The third-order valence-electron chi connectivity index (χ3n) is 3.95. The first-order valence-electron chi connectivity index (χ1n) is 7.93. The molecule has 24 heavy (non-hydrogen) atoms. The van der Waals surface area contributed by atoms with Gasteiger partial charge in [-0.3, -0.25) is 14.9 Å². The maximum absolute atomic E-state index is 12.3. The molecule has 1 aliphatic carbocycles. The monoisotopic (exact) mass is 341 g/mol. The number of rotatable bonds is 5. The molecule has 1 aromatic carbocycles. The van der Waals surface area contributed by atoms with Gasteiger partial charge in [0.1, 0.15) is 0 Å². The van der Waals surface area contributed by atoms with Crippen LogP contribution in [0.3, 0.4) is 0 Å². The van der Waals surface area contributed by atoms with E-state index in [4.69, 9.17) is 0 Å². The predicted octanol–water partition coefficient (Wildman–Crippen LogP) is 3.12. The van der Waals surface area contributed by atoms with Crippen molar-refractivity contribution in [2.75, 3.05) is 11.9 Å². The first-order valence-corrected chi connectivity index (χ1v) is 8.75. The lowest BCUT2D eigenvalue weighted by atomic mass is 9.90. The molecule has 2 amide bonds. The number of hydrogen-bond acceptors (Lipinski definition) is 4. The SMILES string of the molecule is C=CCNC(=O)C1CCCc2sc(NC(=O)c3ccccc3)nc21. The number of aryl methyl sites for hydroxylation is 1. The topological polar surface area (TPSA) is 71.1 Å². The molecule has 5 nitrogen and oxygen atoms in total. The molecule has 0 saturated heterocycles. The molecule has 2 N–H and O–H groups in total. The molecule has 1 aliphatic rings. The number of carbonyl (C=O) groups excluding carboxylic acids is 2. The van der Waals surface area contributed by atoms with Crippen molar-refractivity contribution in [1.29, 1.82) is 0 Å². The zero-order valence-corrected chi connectivity index (χ0v) is 14.1. The molecule has 0 spiro atoms. The number of anilines is 1. The molecule has 1 atom stereocenters. The van der Waals surface area contributed by atoms with Gasteiger partial charge in [-0.05, 0) is 31.4 Å². The van der Waals surface area contributed by atoms with Crippen LogP contribution in [0.4, 0.5) is 5.13 Å². The van der Waals surface area contributed by atoms with Gasteiger partial charge in [0.25, 0.3) is 5.91 Å². The summed E-state index contributed by atoms with van der Waals surface area (Å²) in [5, 5.41) is 6.23. The highest BCUT2D eigenvalue weighted by Gasteiger charge is 2.30. The molecule has 6 heteroatoms. The van der Waals surface area contributed by atoms with Gasteiger partial charge in [0.2, 0.25) is 5.91 Å². The van der Waals surface area contributed by atoms with E-state index >= 15 is 0 Å². The number of amides is 2. The third-order valence-corrected chi connectivity index (χ3v) is 4.99. The second-order valence-electron chi connectivity index (χ2n) is 5.63. The molecule has 0 radical (unpaired) electrons. The van der Waals surface area contributed by atoms with Crippen LogP contribution in [0.15, 0.2) is 43.0 Å². The molecule has 2 aromatic rings. The molecular weight excluding hydrogens is 322 g/mol. The quantitative estimate of drug-likeness (QED) is 0.821. The molecule has 1 aromatic heterocycles. The molecular formula is C18H19N3O2S. The minimum Gasteiger partial charge on any atom is -0.352 e. The lowest BCUT2D eigenvalue weighted by molar-refractivity contribution is -0.122. The molecule has 3 rings (SSSR count). The first kappa shape index (κ1) is 16.4. The van der Waals surface area contributed by atoms with Crippen LogP contribution in [0, 0.1) is 0 Å². The summed E-state index contributed by atoms with van der Waals surface area (Å²) in [6.07, 6.45) is 4.30. The van der Waals surface area contributed by atoms with Crippen molar-refractivity contribution < 1.29 is 9.59 Å². The summed E-state index contributed by atoms with van der Waals surface area (Å²) < 4.78 is 0. The number of nitrogens with one attached hydrogen (secondary N) is 2. The standard InChI is InChI=1S/C18H19N3O2S/c1-2-11-19-17(23)13-9-6-10-14-15(13)20-18(24-14)21-16(22)12-7-4-3-5-8-12/h2-5,7-8,13H,1,6,9-11H2,(H,19,23)(H,20,21,22). The van der Waals surface area contributed by atoms with Gasteiger partial charge in [-0.25, -0.2) is 4.98 Å². The fourth-order valence-electron chi connectivity index (χ4n) is 2.78. The summed E-state index contributed by atoms with van der Waals surface area (Å²) in [5.41, 5.74) is 1.39. The summed E-state index contributed by atoms with van der Waals surface area (Å²) in [5.74, 6) is -0.455. The van der Waals surface area contributed by atoms with E-state index in [1.807, 2.05) is 18.2 Å². The Morgan fingerprint density at radius 3 is 2.88 bits per heavy atom. The van der Waals surface area contributed by atoms with E-state index in [0.717, 1.165) is 29.8 Å². The predicted molar refractivity (Wildman–Crippen MR) is 95.4 cm³/mol. The molecule has 1 heterocycles. The Kier molecular flexibility index (Phi) is 5.05. The van der Waals surface area contributed by atoms with Gasteiger partial charge in [-0.2, -0.15) is 0 Å². The second kappa shape index (κ2) is 7.40. The lowest BCUT2D eigenvalue weighted by Gasteiger charge is -2.19. The Morgan fingerprint density at radius 1 is 1.33 bits per heavy atom. The molecule has 1 unspecified atom stereocenters. The fraction of sp³-hybridized carbons (Fsp3) is 0.278. The highest BCUT2D eigenvalue weighted by molar-refractivity contribution is 7.15. The molecule has 0 saturated carbocycles. The maximum atomic E-state index is 12.3.